The van der Waals surface area contributed by atoms with E-state index in [2.05, 4.69) is 0 Å². The minimum absolute atomic E-state index is 0.0993. The van der Waals surface area contributed by atoms with Gasteiger partial charge in [0.2, 0.25) is 12.2 Å². The highest BCUT2D eigenvalue weighted by Crippen LogP contribution is 2.46. The number of aromatic nitrogens is 1. The highest BCUT2D eigenvalue weighted by atomic mass is 16.8. The van der Waals surface area contributed by atoms with Crippen LogP contribution in [0.5, 0.6) is 5.75 Å². The van der Waals surface area contributed by atoms with Crippen molar-refractivity contribution in [3.63, 3.8) is 0 Å². The van der Waals surface area contributed by atoms with E-state index in [-0.39, 0.29) is 19.5 Å². The van der Waals surface area contributed by atoms with Crippen LogP contribution in [0.25, 0.3) is 10.9 Å². The van der Waals surface area contributed by atoms with Gasteiger partial charge in [-0.1, -0.05) is 27.7 Å². The quantitative estimate of drug-likeness (QED) is 0.258. The number of amides is 1. The van der Waals surface area contributed by atoms with Crippen molar-refractivity contribution in [2.75, 3.05) is 28.4 Å². The maximum atomic E-state index is 14.2. The van der Waals surface area contributed by atoms with Gasteiger partial charge < -0.3 is 33.3 Å². The van der Waals surface area contributed by atoms with Crippen molar-refractivity contribution in [3.05, 3.63) is 35.5 Å². The Morgan fingerprint density at radius 2 is 1.82 bits per heavy atom. The fraction of sp³-hybridized carbons (Fsp3) is 0.586. The Labute approximate surface area is 234 Å². The number of benzene rings is 1. The standard InChI is InChI=1S/C29H38N2O9/c1-9-29(26(34)39-27(40-29)28(2,3)4)22(25(37-7)38-8)21(24(33)36-6)23(32)31-14-17-12-16-13-18(35-5)10-11-19(16)30-20(17)15-31/h10-13,21-22,25,27H,9,14-15H2,1-8H3/t21?,22?,27-,29-/m0/s1. The second-order valence-electron chi connectivity index (χ2n) is 11.2. The molecule has 0 spiro atoms. The van der Waals surface area contributed by atoms with Gasteiger partial charge in [-0.3, -0.25) is 14.6 Å². The molecule has 3 heterocycles. The summed E-state index contributed by atoms with van der Waals surface area (Å²) in [6.45, 7) is 7.73. The fourth-order valence-corrected chi connectivity index (χ4v) is 5.49. The summed E-state index contributed by atoms with van der Waals surface area (Å²) in [7, 11) is 5.54. The first-order valence-electron chi connectivity index (χ1n) is 13.2. The van der Waals surface area contributed by atoms with Gasteiger partial charge in [0.1, 0.15) is 11.7 Å². The predicted molar refractivity (Wildman–Crippen MR) is 143 cm³/mol. The smallest absolute Gasteiger partial charge is 0.341 e. The van der Waals surface area contributed by atoms with E-state index in [4.69, 9.17) is 33.4 Å². The van der Waals surface area contributed by atoms with E-state index >= 15 is 0 Å². The number of fused-ring (bicyclic) bond motifs is 2. The van der Waals surface area contributed by atoms with Gasteiger partial charge in [0.25, 0.3) is 0 Å². The number of esters is 2. The number of carbonyl (C=O) groups is 3. The van der Waals surface area contributed by atoms with E-state index in [0.717, 1.165) is 22.2 Å². The van der Waals surface area contributed by atoms with Crippen LogP contribution >= 0.6 is 0 Å². The van der Waals surface area contributed by atoms with Gasteiger partial charge in [0.15, 0.2) is 11.9 Å². The van der Waals surface area contributed by atoms with E-state index in [9.17, 15) is 14.4 Å². The topological polar surface area (TPSA) is 123 Å². The maximum absolute atomic E-state index is 14.2. The van der Waals surface area contributed by atoms with Crippen LogP contribution in [0.4, 0.5) is 0 Å². The lowest BCUT2D eigenvalue weighted by Crippen LogP contribution is -2.58. The van der Waals surface area contributed by atoms with Crippen LogP contribution in [0, 0.1) is 17.3 Å². The Bertz CT molecular complexity index is 1290. The van der Waals surface area contributed by atoms with Crippen LogP contribution in [0.2, 0.25) is 0 Å². The first-order valence-corrected chi connectivity index (χ1v) is 13.2. The van der Waals surface area contributed by atoms with E-state index in [1.807, 2.05) is 45.0 Å². The second-order valence-corrected chi connectivity index (χ2v) is 11.2. The summed E-state index contributed by atoms with van der Waals surface area (Å²) in [6.07, 6.45) is -1.98. The zero-order valence-corrected chi connectivity index (χ0v) is 24.3. The molecule has 2 aromatic rings. The zero-order valence-electron chi connectivity index (χ0n) is 24.3. The second kappa shape index (κ2) is 11.3. The molecule has 11 heteroatoms. The van der Waals surface area contributed by atoms with Crippen molar-refractivity contribution in [1.82, 2.24) is 9.88 Å². The number of hydrogen-bond acceptors (Lipinski definition) is 10. The third kappa shape index (κ3) is 5.13. The highest BCUT2D eigenvalue weighted by molar-refractivity contribution is 6.00. The summed E-state index contributed by atoms with van der Waals surface area (Å²) in [5.41, 5.74) is 0.0499. The molecule has 1 aromatic heterocycles. The number of ether oxygens (including phenoxy) is 6. The molecule has 1 fully saturated rings. The Morgan fingerprint density at radius 3 is 2.38 bits per heavy atom. The van der Waals surface area contributed by atoms with Gasteiger partial charge in [-0.05, 0) is 36.2 Å². The van der Waals surface area contributed by atoms with Crippen molar-refractivity contribution in [1.29, 1.82) is 0 Å². The van der Waals surface area contributed by atoms with Crippen LogP contribution in [-0.2, 0) is 51.2 Å². The SMILES string of the molecule is CC[C@@]1(C(C(OC)OC)C(C(=O)OC)C(=O)N2Cc3cc4cc(OC)ccc4nc3C2)O[C@@H](C(C)(C)C)OC1=O. The average Bonchev–Trinajstić information content (AvgIpc) is 3.51. The van der Waals surface area contributed by atoms with Crippen LogP contribution in [-0.4, -0.2) is 74.3 Å². The van der Waals surface area contributed by atoms with Crippen LogP contribution in [0.3, 0.4) is 0 Å². The molecule has 4 rings (SSSR count). The monoisotopic (exact) mass is 558 g/mol. The number of nitrogens with zero attached hydrogens (tertiary/aromatic N) is 2. The number of methoxy groups -OCH3 is 4. The van der Waals surface area contributed by atoms with Crippen LogP contribution in [0.15, 0.2) is 24.3 Å². The van der Waals surface area contributed by atoms with Crippen LogP contribution < -0.4 is 4.74 Å². The predicted octanol–water partition coefficient (Wildman–Crippen LogP) is 3.20. The zero-order chi connectivity index (χ0) is 29.4. The molecule has 1 amide bonds. The van der Waals surface area contributed by atoms with Gasteiger partial charge in [-0.2, -0.15) is 0 Å². The Morgan fingerprint density at radius 1 is 1.12 bits per heavy atom. The molecule has 1 aromatic carbocycles. The largest absolute Gasteiger partial charge is 0.497 e. The first-order chi connectivity index (χ1) is 18.9. The number of carbonyl (C=O) groups excluding carboxylic acids is 3. The molecule has 1 saturated heterocycles. The van der Waals surface area contributed by atoms with Crippen molar-refractivity contribution in [2.24, 2.45) is 17.3 Å². The maximum Gasteiger partial charge on any atom is 0.341 e. The summed E-state index contributed by atoms with van der Waals surface area (Å²) in [5.74, 6) is -4.10. The summed E-state index contributed by atoms with van der Waals surface area (Å²) >= 11 is 0. The fourth-order valence-electron chi connectivity index (χ4n) is 5.49. The molecule has 0 N–H and O–H groups in total. The lowest BCUT2D eigenvalue weighted by Gasteiger charge is -2.40. The lowest BCUT2D eigenvalue weighted by atomic mass is 9.74. The molecule has 40 heavy (non-hydrogen) atoms. The Hall–Kier alpha value is -3.28. The molecule has 0 aliphatic carbocycles. The van der Waals surface area contributed by atoms with Crippen LogP contribution in [0.1, 0.15) is 45.4 Å². The molecular formula is C29H38N2O9. The molecule has 0 bridgehead atoms. The number of pyridine rings is 1. The Balaban J connectivity index is 1.75. The van der Waals surface area contributed by atoms with E-state index in [1.165, 1.54) is 26.2 Å². The molecular weight excluding hydrogens is 520 g/mol. The summed E-state index contributed by atoms with van der Waals surface area (Å²) in [6, 6.07) is 7.52. The van der Waals surface area contributed by atoms with Gasteiger partial charge in [0.05, 0.1) is 37.9 Å². The van der Waals surface area contributed by atoms with Crippen molar-refractivity contribution >= 4 is 28.7 Å². The minimum Gasteiger partial charge on any atom is -0.497 e. The van der Waals surface area contributed by atoms with E-state index in [1.54, 1.807) is 14.0 Å². The van der Waals surface area contributed by atoms with Gasteiger partial charge in [-0.15, -0.1) is 0 Å². The molecule has 0 saturated carbocycles. The summed E-state index contributed by atoms with van der Waals surface area (Å²) < 4.78 is 33.6. The molecule has 4 atom stereocenters. The van der Waals surface area contributed by atoms with Gasteiger partial charge in [-0.25, -0.2) is 4.79 Å². The molecule has 2 aliphatic rings. The molecule has 0 radical (unpaired) electrons. The normalized spacial score (nSPS) is 22.3. The molecule has 11 nitrogen and oxygen atoms in total. The third-order valence-electron chi connectivity index (χ3n) is 7.69. The van der Waals surface area contributed by atoms with Crippen molar-refractivity contribution in [3.8, 4) is 5.75 Å². The molecule has 218 valence electrons. The van der Waals surface area contributed by atoms with Crippen molar-refractivity contribution in [2.45, 2.75) is 65.4 Å². The van der Waals surface area contributed by atoms with E-state index < -0.39 is 53.3 Å². The first kappa shape index (κ1) is 29.7. The molecule has 2 unspecified atom stereocenters. The van der Waals surface area contributed by atoms with Crippen molar-refractivity contribution < 1.29 is 42.8 Å². The van der Waals surface area contributed by atoms with E-state index in [0.29, 0.717) is 5.75 Å². The summed E-state index contributed by atoms with van der Waals surface area (Å²) in [5, 5.41) is 0.869. The number of hydrogen-bond donors (Lipinski definition) is 0. The highest BCUT2D eigenvalue weighted by Gasteiger charge is 2.64. The van der Waals surface area contributed by atoms with Gasteiger partial charge >= 0.3 is 11.9 Å². The summed E-state index contributed by atoms with van der Waals surface area (Å²) in [4.78, 5) is 47.4. The Kier molecular flexibility index (Phi) is 8.39. The molecule has 2 aliphatic heterocycles. The van der Waals surface area contributed by atoms with Gasteiger partial charge in [0, 0.05) is 31.6 Å². The minimum atomic E-state index is -1.71. The third-order valence-corrected chi connectivity index (χ3v) is 7.69. The number of cyclic esters (lactones) is 1. The number of rotatable bonds is 9. The average molecular weight is 559 g/mol. The lowest BCUT2D eigenvalue weighted by molar-refractivity contribution is -0.229.